The maximum atomic E-state index is 13.3. The summed E-state index contributed by atoms with van der Waals surface area (Å²) in [6.45, 7) is 1.87. The van der Waals surface area contributed by atoms with Crippen molar-refractivity contribution >= 4 is 23.1 Å². The van der Waals surface area contributed by atoms with Gasteiger partial charge < -0.3 is 14.8 Å². The van der Waals surface area contributed by atoms with Crippen LogP contribution in [0.3, 0.4) is 0 Å². The van der Waals surface area contributed by atoms with E-state index in [2.05, 4.69) is 5.32 Å². The molecule has 1 aliphatic carbocycles. The van der Waals surface area contributed by atoms with E-state index in [1.54, 1.807) is 18.4 Å². The number of ketones is 1. The monoisotopic (exact) mass is 409 g/mol. The minimum atomic E-state index is -0.400. The van der Waals surface area contributed by atoms with E-state index < -0.39 is 5.97 Å². The molecule has 0 saturated heterocycles. The number of methoxy groups -OCH3 is 2. The van der Waals surface area contributed by atoms with Crippen LogP contribution in [0, 0.1) is 0 Å². The molecular weight excluding hydrogens is 386 g/mol. The fraction of sp³-hybridized carbons (Fsp3) is 0.304. The molecule has 0 bridgehead atoms. The Bertz CT molecular complexity index is 1020. The Morgan fingerprint density at radius 3 is 2.69 bits per heavy atom. The van der Waals surface area contributed by atoms with E-state index in [9.17, 15) is 9.59 Å². The highest BCUT2D eigenvalue weighted by molar-refractivity contribution is 7.10. The number of hydrogen-bond donors (Lipinski definition) is 1. The molecule has 2 aromatic rings. The molecule has 0 saturated carbocycles. The lowest BCUT2D eigenvalue weighted by Gasteiger charge is -2.36. The largest absolute Gasteiger partial charge is 0.497 e. The van der Waals surface area contributed by atoms with Gasteiger partial charge in [-0.1, -0.05) is 18.2 Å². The number of ether oxygens (including phenoxy) is 2. The van der Waals surface area contributed by atoms with Gasteiger partial charge in [0, 0.05) is 28.3 Å². The zero-order valence-electron chi connectivity index (χ0n) is 16.7. The lowest BCUT2D eigenvalue weighted by Crippen LogP contribution is -2.35. The predicted octanol–water partition coefficient (Wildman–Crippen LogP) is 4.29. The van der Waals surface area contributed by atoms with Gasteiger partial charge in [0.15, 0.2) is 5.78 Å². The van der Waals surface area contributed by atoms with Crippen molar-refractivity contribution in [3.63, 3.8) is 0 Å². The molecule has 2 aliphatic rings. The van der Waals surface area contributed by atoms with Crippen LogP contribution in [-0.2, 0) is 14.3 Å². The third-order valence-corrected chi connectivity index (χ3v) is 6.56. The van der Waals surface area contributed by atoms with Crippen molar-refractivity contribution in [2.75, 3.05) is 14.2 Å². The number of benzene rings is 1. The summed E-state index contributed by atoms with van der Waals surface area (Å²) in [4.78, 5) is 26.9. The minimum absolute atomic E-state index is 0.0684. The molecule has 2 heterocycles. The Labute approximate surface area is 174 Å². The van der Waals surface area contributed by atoms with Crippen LogP contribution in [0.15, 0.2) is 64.3 Å². The van der Waals surface area contributed by atoms with E-state index in [1.165, 1.54) is 7.11 Å². The second kappa shape index (κ2) is 7.87. The van der Waals surface area contributed by atoms with Gasteiger partial charge in [0.2, 0.25) is 0 Å². The Morgan fingerprint density at radius 1 is 1.17 bits per heavy atom. The normalized spacial score (nSPS) is 21.6. The zero-order valence-corrected chi connectivity index (χ0v) is 17.5. The molecule has 1 N–H and O–H groups in total. The maximum Gasteiger partial charge on any atom is 0.336 e. The molecule has 29 heavy (non-hydrogen) atoms. The second-order valence-electron chi connectivity index (χ2n) is 7.30. The second-order valence-corrected chi connectivity index (χ2v) is 8.28. The zero-order chi connectivity index (χ0) is 20.5. The number of allylic oxidation sites excluding steroid dienone is 3. The van der Waals surface area contributed by atoms with Crippen LogP contribution in [0.5, 0.6) is 5.75 Å². The lowest BCUT2D eigenvalue weighted by atomic mass is 9.73. The number of carbonyl (C=O) groups is 2. The van der Waals surface area contributed by atoms with Gasteiger partial charge >= 0.3 is 5.97 Å². The average molecular weight is 410 g/mol. The number of esters is 1. The van der Waals surface area contributed by atoms with Gasteiger partial charge in [0.05, 0.1) is 25.7 Å². The first-order chi connectivity index (χ1) is 14.0. The molecule has 0 amide bonds. The molecule has 1 aromatic carbocycles. The fourth-order valence-electron chi connectivity index (χ4n) is 4.29. The summed E-state index contributed by atoms with van der Waals surface area (Å²) < 4.78 is 10.4. The van der Waals surface area contributed by atoms with Gasteiger partial charge in [0.1, 0.15) is 5.75 Å². The molecular formula is C23H23NO4S. The third-order valence-electron chi connectivity index (χ3n) is 5.63. The lowest BCUT2D eigenvalue weighted by molar-refractivity contribution is -0.136. The smallest absolute Gasteiger partial charge is 0.336 e. The molecule has 0 fully saturated rings. The van der Waals surface area contributed by atoms with Crippen molar-refractivity contribution in [2.45, 2.75) is 31.6 Å². The Kier molecular flexibility index (Phi) is 5.28. The van der Waals surface area contributed by atoms with Gasteiger partial charge in [-0.25, -0.2) is 4.79 Å². The number of dihydropyridines is 1. The summed E-state index contributed by atoms with van der Waals surface area (Å²) in [6, 6.07) is 11.8. The first kappa shape index (κ1) is 19.5. The molecule has 4 rings (SSSR count). The van der Waals surface area contributed by atoms with Crippen LogP contribution >= 0.6 is 11.3 Å². The number of hydrogen-bond acceptors (Lipinski definition) is 6. The van der Waals surface area contributed by atoms with Crippen LogP contribution < -0.4 is 10.1 Å². The van der Waals surface area contributed by atoms with Crippen LogP contribution in [0.1, 0.15) is 42.0 Å². The fourth-order valence-corrected chi connectivity index (χ4v) is 5.13. The quantitative estimate of drug-likeness (QED) is 0.763. The summed E-state index contributed by atoms with van der Waals surface area (Å²) in [5.74, 6) is 0.145. The van der Waals surface area contributed by atoms with E-state index in [-0.39, 0.29) is 17.6 Å². The van der Waals surface area contributed by atoms with E-state index in [4.69, 9.17) is 9.47 Å². The Morgan fingerprint density at radius 2 is 2.00 bits per heavy atom. The van der Waals surface area contributed by atoms with E-state index >= 15 is 0 Å². The number of thiophene rings is 1. The van der Waals surface area contributed by atoms with E-state index in [1.807, 2.05) is 48.7 Å². The molecule has 6 heteroatoms. The molecule has 1 aromatic heterocycles. The topological polar surface area (TPSA) is 64.6 Å². The van der Waals surface area contributed by atoms with Crippen molar-refractivity contribution in [2.24, 2.45) is 0 Å². The van der Waals surface area contributed by atoms with Gasteiger partial charge in [-0.15, -0.1) is 11.3 Å². The van der Waals surface area contributed by atoms with Crippen molar-refractivity contribution in [1.29, 1.82) is 0 Å². The minimum Gasteiger partial charge on any atom is -0.497 e. The first-order valence-corrected chi connectivity index (χ1v) is 10.4. The SMILES string of the molecule is COC(=O)C1=C(C)NC2=C(C(=O)C[C@H](c3cccc(OC)c3)C2)[C@H]1c1cccs1. The summed E-state index contributed by atoms with van der Waals surface area (Å²) in [5.41, 5.74) is 3.93. The summed E-state index contributed by atoms with van der Waals surface area (Å²) in [7, 11) is 3.02. The summed E-state index contributed by atoms with van der Waals surface area (Å²) >= 11 is 1.55. The van der Waals surface area contributed by atoms with Gasteiger partial charge in [-0.2, -0.15) is 0 Å². The Hall–Kier alpha value is -2.86. The molecule has 0 radical (unpaired) electrons. The standard InChI is InChI=1S/C23H23NO4S/c1-13-20(23(26)28-3)22(19-8-5-9-29-19)21-17(24-13)11-15(12-18(21)25)14-6-4-7-16(10-14)27-2/h4-10,15,22,24H,11-12H2,1-3H3/t15-,22+/m1/s1. The summed E-state index contributed by atoms with van der Waals surface area (Å²) in [6.07, 6.45) is 1.12. The number of nitrogens with one attached hydrogen (secondary N) is 1. The van der Waals surface area contributed by atoms with Gasteiger partial charge in [-0.05, 0) is 48.4 Å². The van der Waals surface area contributed by atoms with Crippen molar-refractivity contribution in [3.05, 3.63) is 74.8 Å². The van der Waals surface area contributed by atoms with E-state index in [0.717, 1.165) is 27.6 Å². The van der Waals surface area contributed by atoms with Crippen molar-refractivity contribution < 1.29 is 19.1 Å². The molecule has 5 nitrogen and oxygen atoms in total. The van der Waals surface area contributed by atoms with Crippen LogP contribution in [0.4, 0.5) is 0 Å². The van der Waals surface area contributed by atoms with Crippen molar-refractivity contribution in [1.82, 2.24) is 5.32 Å². The highest BCUT2D eigenvalue weighted by Gasteiger charge is 2.41. The van der Waals surface area contributed by atoms with Gasteiger partial charge in [-0.3, -0.25) is 4.79 Å². The van der Waals surface area contributed by atoms with E-state index in [0.29, 0.717) is 24.0 Å². The Balaban J connectivity index is 1.76. The van der Waals surface area contributed by atoms with Crippen LogP contribution in [0.2, 0.25) is 0 Å². The van der Waals surface area contributed by atoms with Crippen molar-refractivity contribution in [3.8, 4) is 5.75 Å². The molecule has 1 aliphatic heterocycles. The summed E-state index contributed by atoms with van der Waals surface area (Å²) in [5, 5.41) is 5.31. The first-order valence-electron chi connectivity index (χ1n) is 9.53. The van der Waals surface area contributed by atoms with Gasteiger partial charge in [0.25, 0.3) is 0 Å². The molecule has 2 atom stereocenters. The number of carbonyl (C=O) groups excluding carboxylic acids is 2. The van der Waals surface area contributed by atoms with Crippen LogP contribution in [-0.4, -0.2) is 26.0 Å². The predicted molar refractivity (Wildman–Crippen MR) is 112 cm³/mol. The van der Waals surface area contributed by atoms with Crippen LogP contribution in [0.25, 0.3) is 0 Å². The third kappa shape index (κ3) is 3.49. The average Bonchev–Trinajstić information content (AvgIpc) is 3.26. The highest BCUT2D eigenvalue weighted by Crippen LogP contribution is 2.46. The maximum absolute atomic E-state index is 13.3. The number of rotatable bonds is 4. The molecule has 0 spiro atoms. The number of Topliss-reactive ketones (excluding diaryl/α,β-unsaturated/α-hetero) is 1. The molecule has 150 valence electrons. The highest BCUT2D eigenvalue weighted by atomic mass is 32.1. The molecule has 0 unspecified atom stereocenters.